The maximum atomic E-state index is 6.59. The molecule has 42 heavy (non-hydrogen) atoms. The number of anilines is 3. The fourth-order valence-electron chi connectivity index (χ4n) is 6.09. The molecule has 0 unspecified atom stereocenters. The molecule has 0 saturated heterocycles. The predicted molar refractivity (Wildman–Crippen MR) is 177 cm³/mol. The van der Waals surface area contributed by atoms with Gasteiger partial charge in [0.05, 0.1) is 16.8 Å². The van der Waals surface area contributed by atoms with Gasteiger partial charge in [-0.3, -0.25) is 0 Å². The summed E-state index contributed by atoms with van der Waals surface area (Å²) in [6.07, 6.45) is 0. The topological polar surface area (TPSA) is 16.4 Å². The van der Waals surface area contributed by atoms with Gasteiger partial charge >= 0.3 is 0 Å². The molecule has 0 aliphatic carbocycles. The lowest BCUT2D eigenvalue weighted by atomic mass is 9.98. The van der Waals surface area contributed by atoms with Gasteiger partial charge in [-0.1, -0.05) is 133 Å². The quantitative estimate of drug-likeness (QED) is 0.217. The average Bonchev–Trinajstić information content (AvgIpc) is 3.47. The summed E-state index contributed by atoms with van der Waals surface area (Å²) >= 11 is 0. The van der Waals surface area contributed by atoms with Crippen LogP contribution in [0, 0.1) is 0 Å². The minimum absolute atomic E-state index is 0.890. The molecule has 2 nitrogen and oxygen atoms in total. The van der Waals surface area contributed by atoms with Crippen molar-refractivity contribution >= 4 is 49.8 Å². The summed E-state index contributed by atoms with van der Waals surface area (Å²) in [6.45, 7) is 0. The molecule has 1 aromatic heterocycles. The number of furan rings is 1. The van der Waals surface area contributed by atoms with Crippen molar-refractivity contribution in [2.75, 3.05) is 4.90 Å². The first kappa shape index (κ1) is 24.2. The van der Waals surface area contributed by atoms with Gasteiger partial charge in [0.15, 0.2) is 0 Å². The van der Waals surface area contributed by atoms with Gasteiger partial charge < -0.3 is 9.32 Å². The Morgan fingerprint density at radius 1 is 0.429 bits per heavy atom. The van der Waals surface area contributed by atoms with Crippen LogP contribution in [0.15, 0.2) is 168 Å². The van der Waals surface area contributed by atoms with E-state index in [4.69, 9.17) is 4.42 Å². The first-order valence-corrected chi connectivity index (χ1v) is 14.3. The van der Waals surface area contributed by atoms with Crippen LogP contribution in [-0.4, -0.2) is 0 Å². The summed E-state index contributed by atoms with van der Waals surface area (Å²) in [5, 5.41) is 4.47. The van der Waals surface area contributed by atoms with Gasteiger partial charge in [0.25, 0.3) is 0 Å². The second-order valence-corrected chi connectivity index (χ2v) is 10.6. The molecule has 0 amide bonds. The Morgan fingerprint density at radius 2 is 1.02 bits per heavy atom. The number of para-hydroxylation sites is 2. The van der Waals surface area contributed by atoms with Gasteiger partial charge in [-0.2, -0.15) is 0 Å². The Morgan fingerprint density at radius 3 is 1.81 bits per heavy atom. The van der Waals surface area contributed by atoms with Gasteiger partial charge in [0, 0.05) is 22.0 Å². The first-order valence-electron chi connectivity index (χ1n) is 14.3. The van der Waals surface area contributed by atoms with E-state index in [1.54, 1.807) is 0 Å². The number of fused-ring (bicyclic) bond motifs is 5. The van der Waals surface area contributed by atoms with Crippen molar-refractivity contribution in [1.82, 2.24) is 0 Å². The molecule has 0 spiro atoms. The highest BCUT2D eigenvalue weighted by molar-refractivity contribution is 6.22. The molecular formula is C40H27NO. The number of rotatable bonds is 5. The van der Waals surface area contributed by atoms with Gasteiger partial charge in [0.2, 0.25) is 0 Å². The third-order valence-electron chi connectivity index (χ3n) is 8.05. The monoisotopic (exact) mass is 537 g/mol. The molecular weight excluding hydrogens is 510 g/mol. The molecule has 2 heteroatoms. The van der Waals surface area contributed by atoms with E-state index in [9.17, 15) is 0 Å². The van der Waals surface area contributed by atoms with Crippen molar-refractivity contribution in [2.45, 2.75) is 0 Å². The number of hydrogen-bond acceptors (Lipinski definition) is 2. The molecule has 0 radical (unpaired) electrons. The lowest BCUT2D eigenvalue weighted by Crippen LogP contribution is -2.11. The summed E-state index contributed by atoms with van der Waals surface area (Å²) in [7, 11) is 0. The molecule has 0 bridgehead atoms. The normalized spacial score (nSPS) is 11.3. The highest BCUT2D eigenvalue weighted by Gasteiger charge is 2.23. The summed E-state index contributed by atoms with van der Waals surface area (Å²) in [5.41, 5.74) is 9.81. The fraction of sp³-hybridized carbons (Fsp3) is 0. The SMILES string of the molecule is c1ccc(-c2ccc(N(c3ccccc3-c3ccccc3)c3cc4ccccc4c4oc5ccccc5c34)cc2)cc1. The minimum Gasteiger partial charge on any atom is -0.455 e. The largest absolute Gasteiger partial charge is 0.455 e. The molecule has 0 aliphatic heterocycles. The van der Waals surface area contributed by atoms with Crippen molar-refractivity contribution in [3.63, 3.8) is 0 Å². The van der Waals surface area contributed by atoms with E-state index in [1.165, 1.54) is 22.3 Å². The van der Waals surface area contributed by atoms with E-state index in [0.29, 0.717) is 0 Å². The maximum absolute atomic E-state index is 6.59. The summed E-state index contributed by atoms with van der Waals surface area (Å²) < 4.78 is 6.59. The molecule has 1 heterocycles. The Hall–Kier alpha value is -5.60. The van der Waals surface area contributed by atoms with Gasteiger partial charge in [0.1, 0.15) is 11.2 Å². The number of nitrogens with zero attached hydrogens (tertiary/aromatic N) is 1. The molecule has 0 N–H and O–H groups in total. The second kappa shape index (κ2) is 10.1. The van der Waals surface area contributed by atoms with Crippen molar-refractivity contribution in [1.29, 1.82) is 0 Å². The van der Waals surface area contributed by atoms with E-state index >= 15 is 0 Å². The zero-order valence-corrected chi connectivity index (χ0v) is 22.9. The highest BCUT2D eigenvalue weighted by Crippen LogP contribution is 2.48. The third kappa shape index (κ3) is 4.05. The average molecular weight is 538 g/mol. The van der Waals surface area contributed by atoms with Gasteiger partial charge in [-0.25, -0.2) is 0 Å². The highest BCUT2D eigenvalue weighted by atomic mass is 16.3. The molecule has 0 fully saturated rings. The number of hydrogen-bond donors (Lipinski definition) is 0. The van der Waals surface area contributed by atoms with Crippen molar-refractivity contribution < 1.29 is 4.42 Å². The van der Waals surface area contributed by atoms with Crippen LogP contribution in [0.1, 0.15) is 0 Å². The van der Waals surface area contributed by atoms with E-state index in [2.05, 4.69) is 163 Å². The lowest BCUT2D eigenvalue weighted by Gasteiger charge is -2.29. The van der Waals surface area contributed by atoms with Crippen LogP contribution in [-0.2, 0) is 0 Å². The second-order valence-electron chi connectivity index (χ2n) is 10.6. The molecule has 0 aliphatic rings. The Labute approximate surface area is 244 Å². The first-order chi connectivity index (χ1) is 20.8. The van der Waals surface area contributed by atoms with Crippen LogP contribution >= 0.6 is 0 Å². The van der Waals surface area contributed by atoms with E-state index < -0.39 is 0 Å². The standard InChI is InChI=1S/C40H27NO/c1-3-13-28(14-4-1)29-23-25-32(26-24-29)41(36-21-11-9-18-33(36)30-15-5-2-6-16-30)37-27-31-17-7-8-19-34(31)40-39(37)35-20-10-12-22-38(35)42-40/h1-27H. The Balaban J connectivity index is 1.45. The van der Waals surface area contributed by atoms with E-state index in [-0.39, 0.29) is 0 Å². The summed E-state index contributed by atoms with van der Waals surface area (Å²) in [5.74, 6) is 0. The summed E-state index contributed by atoms with van der Waals surface area (Å²) in [4.78, 5) is 2.40. The van der Waals surface area contributed by atoms with Crippen LogP contribution < -0.4 is 4.90 Å². The molecule has 7 aromatic carbocycles. The molecule has 0 saturated carbocycles. The molecule has 0 atom stereocenters. The lowest BCUT2D eigenvalue weighted by molar-refractivity contribution is 0.672. The predicted octanol–water partition coefficient (Wildman–Crippen LogP) is 11.5. The van der Waals surface area contributed by atoms with Gasteiger partial charge in [-0.05, 0) is 52.4 Å². The van der Waals surface area contributed by atoms with Crippen molar-refractivity contribution in [3.05, 3.63) is 164 Å². The maximum Gasteiger partial charge on any atom is 0.145 e. The molecule has 8 rings (SSSR count). The minimum atomic E-state index is 0.890. The van der Waals surface area contributed by atoms with Crippen LogP contribution in [0.5, 0.6) is 0 Å². The van der Waals surface area contributed by atoms with E-state index in [0.717, 1.165) is 49.8 Å². The molecule has 8 aromatic rings. The van der Waals surface area contributed by atoms with E-state index in [1.807, 2.05) is 6.07 Å². The zero-order chi connectivity index (χ0) is 27.9. The number of benzene rings is 7. The smallest absolute Gasteiger partial charge is 0.145 e. The van der Waals surface area contributed by atoms with Crippen LogP contribution in [0.2, 0.25) is 0 Å². The van der Waals surface area contributed by atoms with Crippen molar-refractivity contribution in [3.8, 4) is 22.3 Å². The summed E-state index contributed by atoms with van der Waals surface area (Å²) in [6, 6.07) is 57.9. The van der Waals surface area contributed by atoms with Crippen molar-refractivity contribution in [2.24, 2.45) is 0 Å². The molecule has 198 valence electrons. The zero-order valence-electron chi connectivity index (χ0n) is 22.9. The Kier molecular flexibility index (Phi) is 5.82. The van der Waals surface area contributed by atoms with Crippen LogP contribution in [0.3, 0.4) is 0 Å². The van der Waals surface area contributed by atoms with Crippen LogP contribution in [0.25, 0.3) is 55.0 Å². The van der Waals surface area contributed by atoms with Gasteiger partial charge in [-0.15, -0.1) is 0 Å². The fourth-order valence-corrected chi connectivity index (χ4v) is 6.09. The van der Waals surface area contributed by atoms with Crippen LogP contribution in [0.4, 0.5) is 17.1 Å². The Bertz CT molecular complexity index is 2180. The third-order valence-corrected chi connectivity index (χ3v) is 8.05.